The number of carbonyl (C=O) groups excluding carboxylic acids is 1. The van der Waals surface area contributed by atoms with Crippen LogP contribution in [-0.4, -0.2) is 17.0 Å². The van der Waals surface area contributed by atoms with Gasteiger partial charge in [-0.05, 0) is 35.1 Å². The van der Waals surface area contributed by atoms with Gasteiger partial charge in [0, 0.05) is 18.5 Å². The lowest BCUT2D eigenvalue weighted by molar-refractivity contribution is 0.0504. The number of Topliss-reactive ketones (excluding diaryl/α,β-unsaturated/α-hetero) is 1. The highest BCUT2D eigenvalue weighted by atomic mass is 16.3. The van der Waals surface area contributed by atoms with E-state index in [1.807, 2.05) is 78.9 Å². The summed E-state index contributed by atoms with van der Waals surface area (Å²) in [4.78, 5) is 13.9. The molecule has 0 aliphatic heterocycles. The van der Waals surface area contributed by atoms with Crippen molar-refractivity contribution in [2.75, 3.05) is 0 Å². The third-order valence-electron chi connectivity index (χ3n) is 6.16. The third-order valence-corrected chi connectivity index (χ3v) is 6.16. The number of benzene rings is 3. The molecule has 0 aromatic heterocycles. The number of aliphatic hydroxyl groups excluding tert-OH is 1. The van der Waals surface area contributed by atoms with E-state index < -0.39 is 11.6 Å². The first-order chi connectivity index (χ1) is 14.6. The normalized spacial score (nSPS) is 20.1. The third kappa shape index (κ3) is 3.83. The molecule has 2 unspecified atom stereocenters. The van der Waals surface area contributed by atoms with Crippen LogP contribution in [-0.2, 0) is 24.9 Å². The quantitative estimate of drug-likeness (QED) is 0.534. The molecule has 4 rings (SSSR count). The number of aliphatic hydroxyl groups is 1. The number of fused-ring (bicyclic) bond motifs is 1. The van der Waals surface area contributed by atoms with Gasteiger partial charge in [0.25, 0.3) is 0 Å². The van der Waals surface area contributed by atoms with Gasteiger partial charge >= 0.3 is 0 Å². The van der Waals surface area contributed by atoms with Crippen LogP contribution in [0.5, 0.6) is 0 Å². The molecule has 0 spiro atoms. The van der Waals surface area contributed by atoms with E-state index in [0.717, 1.165) is 36.0 Å². The number of rotatable bonds is 8. The van der Waals surface area contributed by atoms with Crippen molar-refractivity contribution in [3.8, 4) is 0 Å². The van der Waals surface area contributed by atoms with Crippen LogP contribution in [0, 0.1) is 0 Å². The van der Waals surface area contributed by atoms with Crippen LogP contribution in [0.25, 0.3) is 0 Å². The van der Waals surface area contributed by atoms with Crippen molar-refractivity contribution < 1.29 is 9.90 Å². The molecule has 0 heterocycles. The van der Waals surface area contributed by atoms with E-state index in [1.165, 1.54) is 5.56 Å². The van der Waals surface area contributed by atoms with E-state index in [4.69, 9.17) is 0 Å². The number of hydrogen-bond acceptors (Lipinski definition) is 3. The molecular formula is C27H29NO2. The number of nitrogens with one attached hydrogen (secondary N) is 1. The summed E-state index contributed by atoms with van der Waals surface area (Å²) in [6, 6.07) is 25.8. The second-order valence-electron chi connectivity index (χ2n) is 8.15. The summed E-state index contributed by atoms with van der Waals surface area (Å²) in [5.41, 5.74) is 3.72. The Morgan fingerprint density at radius 1 is 0.967 bits per heavy atom. The van der Waals surface area contributed by atoms with Gasteiger partial charge in [0.05, 0.1) is 6.10 Å². The Bertz CT molecular complexity index is 997. The molecule has 2 atom stereocenters. The van der Waals surface area contributed by atoms with E-state index in [2.05, 4.69) is 12.2 Å². The van der Waals surface area contributed by atoms with Gasteiger partial charge in [-0.25, -0.2) is 0 Å². The summed E-state index contributed by atoms with van der Waals surface area (Å²) in [7, 11) is 0. The summed E-state index contributed by atoms with van der Waals surface area (Å²) < 4.78 is 0. The van der Waals surface area contributed by atoms with Crippen LogP contribution in [0.15, 0.2) is 78.9 Å². The summed E-state index contributed by atoms with van der Waals surface area (Å²) in [6.45, 7) is 2.69. The smallest absolute Gasteiger partial charge is 0.190 e. The minimum absolute atomic E-state index is 0.0714. The maximum atomic E-state index is 13.9. The number of hydrogen-bond donors (Lipinski definition) is 2. The predicted molar refractivity (Wildman–Crippen MR) is 120 cm³/mol. The molecule has 1 aliphatic rings. The summed E-state index contributed by atoms with van der Waals surface area (Å²) in [5, 5.41) is 14.6. The van der Waals surface area contributed by atoms with Crippen LogP contribution in [0.4, 0.5) is 0 Å². The van der Waals surface area contributed by atoms with E-state index in [-0.39, 0.29) is 5.78 Å². The second kappa shape index (κ2) is 8.95. The van der Waals surface area contributed by atoms with Crippen LogP contribution in [0.1, 0.15) is 52.4 Å². The number of aryl methyl sites for hydroxylation is 1. The summed E-state index contributed by atoms with van der Waals surface area (Å²) in [6.07, 6.45) is 2.97. The van der Waals surface area contributed by atoms with Crippen molar-refractivity contribution in [3.63, 3.8) is 0 Å². The molecular weight excluding hydrogens is 370 g/mol. The number of carbonyl (C=O) groups is 1. The van der Waals surface area contributed by atoms with E-state index >= 15 is 0 Å². The first kappa shape index (κ1) is 20.5. The molecule has 30 heavy (non-hydrogen) atoms. The lowest BCUT2D eigenvalue weighted by Crippen LogP contribution is -2.55. The van der Waals surface area contributed by atoms with Gasteiger partial charge in [0.2, 0.25) is 0 Å². The van der Waals surface area contributed by atoms with Crippen LogP contribution in [0.3, 0.4) is 0 Å². The first-order valence-corrected chi connectivity index (χ1v) is 10.8. The van der Waals surface area contributed by atoms with Gasteiger partial charge in [-0.1, -0.05) is 92.2 Å². The maximum Gasteiger partial charge on any atom is 0.190 e. The largest absolute Gasteiger partial charge is 0.390 e. The molecule has 0 fully saturated rings. The number of ketones is 1. The standard InChI is InChI=1S/C27H29NO2/c1-2-3-9-20-14-16-22(17-15-20)26(30)27(28-19-21-10-5-4-6-11-21)24-13-8-7-12-23(24)18-25(27)29/h4-8,10-17,25,28-29H,2-3,9,18-19H2,1H3. The highest BCUT2D eigenvalue weighted by molar-refractivity contribution is 6.05. The maximum absolute atomic E-state index is 13.9. The summed E-state index contributed by atoms with van der Waals surface area (Å²) in [5.74, 6) is -0.0714. The predicted octanol–water partition coefficient (Wildman–Crippen LogP) is 4.81. The van der Waals surface area contributed by atoms with E-state index in [1.54, 1.807) is 0 Å². The second-order valence-corrected chi connectivity index (χ2v) is 8.15. The molecule has 0 radical (unpaired) electrons. The highest BCUT2D eigenvalue weighted by Gasteiger charge is 2.51. The molecule has 3 aromatic carbocycles. The molecule has 0 bridgehead atoms. The molecule has 154 valence electrons. The lowest BCUT2D eigenvalue weighted by Gasteiger charge is -2.34. The molecule has 1 aliphatic carbocycles. The fraction of sp³-hybridized carbons (Fsp3) is 0.296. The highest BCUT2D eigenvalue weighted by Crippen LogP contribution is 2.40. The fourth-order valence-electron chi connectivity index (χ4n) is 4.46. The van der Waals surface area contributed by atoms with Crippen molar-refractivity contribution in [1.82, 2.24) is 5.32 Å². The molecule has 3 nitrogen and oxygen atoms in total. The Hall–Kier alpha value is -2.75. The Morgan fingerprint density at radius 2 is 1.67 bits per heavy atom. The molecule has 3 heteroatoms. The van der Waals surface area contributed by atoms with Gasteiger partial charge in [0.1, 0.15) is 5.54 Å². The van der Waals surface area contributed by atoms with Crippen molar-refractivity contribution in [1.29, 1.82) is 0 Å². The van der Waals surface area contributed by atoms with E-state index in [9.17, 15) is 9.90 Å². The first-order valence-electron chi connectivity index (χ1n) is 10.8. The average molecular weight is 400 g/mol. The fourth-order valence-corrected chi connectivity index (χ4v) is 4.46. The molecule has 3 aromatic rings. The average Bonchev–Trinajstić information content (AvgIpc) is 3.09. The topological polar surface area (TPSA) is 49.3 Å². The zero-order chi connectivity index (χ0) is 21.0. The molecule has 2 N–H and O–H groups in total. The Balaban J connectivity index is 1.69. The van der Waals surface area contributed by atoms with Gasteiger partial charge in [-0.3, -0.25) is 10.1 Å². The minimum atomic E-state index is -1.14. The zero-order valence-electron chi connectivity index (χ0n) is 17.5. The molecule has 0 amide bonds. The van der Waals surface area contributed by atoms with Crippen molar-refractivity contribution in [2.45, 2.75) is 50.8 Å². The summed E-state index contributed by atoms with van der Waals surface area (Å²) >= 11 is 0. The van der Waals surface area contributed by atoms with Crippen molar-refractivity contribution in [3.05, 3.63) is 107 Å². The van der Waals surface area contributed by atoms with Crippen LogP contribution < -0.4 is 5.32 Å². The number of unbranched alkanes of at least 4 members (excludes halogenated alkanes) is 1. The van der Waals surface area contributed by atoms with Crippen LogP contribution in [0.2, 0.25) is 0 Å². The van der Waals surface area contributed by atoms with Crippen LogP contribution >= 0.6 is 0 Å². The Kier molecular flexibility index (Phi) is 6.12. The van der Waals surface area contributed by atoms with Crippen molar-refractivity contribution >= 4 is 5.78 Å². The van der Waals surface area contributed by atoms with E-state index in [0.29, 0.717) is 18.5 Å². The minimum Gasteiger partial charge on any atom is -0.390 e. The Labute approximate surface area is 178 Å². The Morgan fingerprint density at radius 3 is 2.40 bits per heavy atom. The monoisotopic (exact) mass is 399 g/mol. The molecule has 0 saturated carbocycles. The van der Waals surface area contributed by atoms with Crippen molar-refractivity contribution in [2.24, 2.45) is 0 Å². The van der Waals surface area contributed by atoms with Gasteiger partial charge < -0.3 is 5.11 Å². The van der Waals surface area contributed by atoms with Gasteiger partial charge in [0.15, 0.2) is 5.78 Å². The van der Waals surface area contributed by atoms with Gasteiger partial charge in [-0.15, -0.1) is 0 Å². The van der Waals surface area contributed by atoms with Gasteiger partial charge in [-0.2, -0.15) is 0 Å². The molecule has 0 saturated heterocycles. The lowest BCUT2D eigenvalue weighted by atomic mass is 9.81. The zero-order valence-corrected chi connectivity index (χ0v) is 17.5. The SMILES string of the molecule is CCCCc1ccc(C(=O)C2(NCc3ccccc3)c3ccccc3CC2O)cc1.